The Kier molecular flexibility index (Phi) is 3.07. The highest BCUT2D eigenvalue weighted by Gasteiger charge is 2.37. The minimum atomic E-state index is -4.87. The first-order valence-electron chi connectivity index (χ1n) is 3.86. The largest absolute Gasteiger partial charge is 0.490 e. The predicted molar refractivity (Wildman–Crippen MR) is 42.4 cm³/mol. The monoisotopic (exact) mass is 243 g/mol. The molecule has 0 aromatic heterocycles. The van der Waals surface area contributed by atoms with E-state index in [-0.39, 0.29) is 6.07 Å². The van der Waals surface area contributed by atoms with Gasteiger partial charge in [-0.15, -0.1) is 0 Å². The van der Waals surface area contributed by atoms with Gasteiger partial charge in [0.2, 0.25) is 0 Å². The molecule has 1 nitrogen and oxygen atoms in total. The fraction of sp³-hybridized carbons (Fsp3) is 0.222. The summed E-state index contributed by atoms with van der Waals surface area (Å²) in [6.45, 7) is 0. The normalized spacial score (nSPS) is 12.7. The van der Waals surface area contributed by atoms with Crippen molar-refractivity contribution in [1.29, 1.82) is 0 Å². The quantitative estimate of drug-likeness (QED) is 0.680. The Labute approximate surface area is 86.6 Å². The molecule has 1 rings (SSSR count). The van der Waals surface area contributed by atoms with E-state index in [1.54, 1.807) is 0 Å². The average Bonchev–Trinajstić information content (AvgIpc) is 2.14. The zero-order valence-corrected chi connectivity index (χ0v) is 7.62. The SMILES string of the molecule is [CH2]Oc1cc(C(F)(F)F)cc(C(F)(F)F)c1. The van der Waals surface area contributed by atoms with Crippen LogP contribution in [0.4, 0.5) is 26.3 Å². The third-order valence-corrected chi connectivity index (χ3v) is 1.73. The van der Waals surface area contributed by atoms with Gasteiger partial charge in [0.15, 0.2) is 0 Å². The maximum atomic E-state index is 12.2. The lowest BCUT2D eigenvalue weighted by Crippen LogP contribution is -2.10. The van der Waals surface area contributed by atoms with Crippen LogP contribution in [0.5, 0.6) is 5.75 Å². The second-order valence-corrected chi connectivity index (χ2v) is 2.89. The van der Waals surface area contributed by atoms with E-state index in [2.05, 4.69) is 11.8 Å². The number of ether oxygens (including phenoxy) is 1. The molecule has 0 aliphatic rings. The van der Waals surface area contributed by atoms with E-state index < -0.39 is 29.2 Å². The van der Waals surface area contributed by atoms with Gasteiger partial charge in [0.25, 0.3) is 0 Å². The van der Waals surface area contributed by atoms with Gasteiger partial charge in [-0.25, -0.2) is 0 Å². The van der Waals surface area contributed by atoms with Crippen LogP contribution in [-0.4, -0.2) is 0 Å². The number of alkyl halides is 6. The molecular weight excluding hydrogens is 238 g/mol. The first-order valence-corrected chi connectivity index (χ1v) is 3.86. The third kappa shape index (κ3) is 2.80. The first kappa shape index (κ1) is 12.7. The minimum absolute atomic E-state index is 0.0164. The Hall–Kier alpha value is -1.40. The Morgan fingerprint density at radius 3 is 1.44 bits per heavy atom. The van der Waals surface area contributed by atoms with Crippen molar-refractivity contribution >= 4 is 0 Å². The number of benzene rings is 1. The van der Waals surface area contributed by atoms with Crippen LogP contribution in [0.2, 0.25) is 0 Å². The van der Waals surface area contributed by atoms with Gasteiger partial charge in [0.1, 0.15) is 12.9 Å². The van der Waals surface area contributed by atoms with Crippen LogP contribution < -0.4 is 4.74 Å². The lowest BCUT2D eigenvalue weighted by Gasteiger charge is -2.13. The van der Waals surface area contributed by atoms with Crippen LogP contribution in [0.1, 0.15) is 11.1 Å². The van der Waals surface area contributed by atoms with E-state index in [1.165, 1.54) is 0 Å². The van der Waals surface area contributed by atoms with E-state index in [0.717, 1.165) is 0 Å². The second kappa shape index (κ2) is 3.88. The van der Waals surface area contributed by atoms with Crippen molar-refractivity contribution in [1.82, 2.24) is 0 Å². The Morgan fingerprint density at radius 1 is 0.812 bits per heavy atom. The maximum Gasteiger partial charge on any atom is 0.416 e. The molecule has 0 fully saturated rings. The average molecular weight is 243 g/mol. The van der Waals surface area contributed by atoms with Crippen molar-refractivity contribution in [3.05, 3.63) is 36.4 Å². The van der Waals surface area contributed by atoms with E-state index in [4.69, 9.17) is 0 Å². The van der Waals surface area contributed by atoms with Crippen LogP contribution in [0.3, 0.4) is 0 Å². The molecule has 1 aromatic rings. The molecule has 1 aromatic carbocycles. The molecule has 0 atom stereocenters. The van der Waals surface area contributed by atoms with Crippen molar-refractivity contribution in [2.45, 2.75) is 12.4 Å². The van der Waals surface area contributed by atoms with Gasteiger partial charge in [-0.05, 0) is 18.2 Å². The molecule has 0 N–H and O–H groups in total. The molecule has 0 amide bonds. The first-order chi connectivity index (χ1) is 7.14. The minimum Gasteiger partial charge on any atom is -0.490 e. The molecule has 0 spiro atoms. The van der Waals surface area contributed by atoms with Gasteiger partial charge in [-0.2, -0.15) is 26.3 Å². The summed E-state index contributed by atoms with van der Waals surface area (Å²) >= 11 is 0. The Balaban J connectivity index is 3.33. The highest BCUT2D eigenvalue weighted by molar-refractivity contribution is 5.37. The fourth-order valence-electron chi connectivity index (χ4n) is 1.01. The molecule has 0 aliphatic heterocycles. The molecule has 0 bridgehead atoms. The van der Waals surface area contributed by atoms with Crippen LogP contribution in [0, 0.1) is 7.11 Å². The standard InChI is InChI=1S/C9H5F6O/c1-16-7-3-5(8(10,11)12)2-6(4-7)9(13,14)15/h2-4H,1H2. The predicted octanol–water partition coefficient (Wildman–Crippen LogP) is 3.89. The number of halogens is 6. The summed E-state index contributed by atoms with van der Waals surface area (Å²) in [6.07, 6.45) is -9.73. The number of hydrogen-bond donors (Lipinski definition) is 0. The summed E-state index contributed by atoms with van der Waals surface area (Å²) in [7, 11) is 2.77. The van der Waals surface area contributed by atoms with Gasteiger partial charge in [-0.3, -0.25) is 0 Å². The molecule has 0 unspecified atom stereocenters. The molecule has 16 heavy (non-hydrogen) atoms. The summed E-state index contributed by atoms with van der Waals surface area (Å²) in [4.78, 5) is 0. The number of hydrogen-bond acceptors (Lipinski definition) is 1. The fourth-order valence-corrected chi connectivity index (χ4v) is 1.01. The van der Waals surface area contributed by atoms with Crippen LogP contribution in [-0.2, 0) is 12.4 Å². The highest BCUT2D eigenvalue weighted by atomic mass is 19.4. The molecule has 0 saturated heterocycles. The van der Waals surface area contributed by atoms with Crippen LogP contribution >= 0.6 is 0 Å². The second-order valence-electron chi connectivity index (χ2n) is 2.89. The van der Waals surface area contributed by atoms with E-state index in [9.17, 15) is 26.3 Å². The van der Waals surface area contributed by atoms with E-state index >= 15 is 0 Å². The maximum absolute atomic E-state index is 12.2. The van der Waals surface area contributed by atoms with Crippen molar-refractivity contribution in [2.75, 3.05) is 0 Å². The topological polar surface area (TPSA) is 9.23 Å². The van der Waals surface area contributed by atoms with Crippen molar-refractivity contribution in [3.63, 3.8) is 0 Å². The van der Waals surface area contributed by atoms with E-state index in [1.807, 2.05) is 0 Å². The zero-order chi connectivity index (χ0) is 12.6. The highest BCUT2D eigenvalue weighted by Crippen LogP contribution is 2.37. The smallest absolute Gasteiger partial charge is 0.416 e. The molecule has 0 aliphatic carbocycles. The Morgan fingerprint density at radius 2 is 1.19 bits per heavy atom. The summed E-state index contributed by atoms with van der Waals surface area (Å²) < 4.78 is 77.5. The van der Waals surface area contributed by atoms with Gasteiger partial charge in [0.05, 0.1) is 11.1 Å². The summed E-state index contributed by atoms with van der Waals surface area (Å²) in [5.41, 5.74) is -2.86. The lowest BCUT2D eigenvalue weighted by molar-refractivity contribution is -0.143. The zero-order valence-electron chi connectivity index (χ0n) is 7.62. The molecule has 7 heteroatoms. The van der Waals surface area contributed by atoms with Gasteiger partial charge < -0.3 is 4.74 Å². The van der Waals surface area contributed by atoms with Gasteiger partial charge >= 0.3 is 12.4 Å². The van der Waals surface area contributed by atoms with Crippen molar-refractivity contribution in [3.8, 4) is 5.75 Å². The van der Waals surface area contributed by atoms with Crippen LogP contribution in [0.25, 0.3) is 0 Å². The Bertz CT molecular complexity index is 346. The molecule has 0 heterocycles. The van der Waals surface area contributed by atoms with E-state index in [0.29, 0.717) is 12.1 Å². The van der Waals surface area contributed by atoms with Crippen LogP contribution in [0.15, 0.2) is 18.2 Å². The van der Waals surface area contributed by atoms with Gasteiger partial charge in [-0.1, -0.05) is 0 Å². The molecule has 1 radical (unpaired) electrons. The summed E-state index contributed by atoms with van der Waals surface area (Å²) in [5.74, 6) is -0.595. The van der Waals surface area contributed by atoms with Crippen molar-refractivity contribution in [2.24, 2.45) is 0 Å². The van der Waals surface area contributed by atoms with Gasteiger partial charge in [0, 0.05) is 0 Å². The molecular formula is C9H5F6O. The lowest BCUT2D eigenvalue weighted by atomic mass is 10.1. The summed E-state index contributed by atoms with van der Waals surface area (Å²) in [5, 5.41) is 0. The van der Waals surface area contributed by atoms with Crippen molar-refractivity contribution < 1.29 is 31.1 Å². The summed E-state index contributed by atoms with van der Waals surface area (Å²) in [6, 6.07) is 0.910. The molecule has 0 saturated carbocycles. The number of rotatable bonds is 1. The molecule has 89 valence electrons. The third-order valence-electron chi connectivity index (χ3n) is 1.73.